The van der Waals surface area contributed by atoms with E-state index in [-0.39, 0.29) is 0 Å². The van der Waals surface area contributed by atoms with E-state index >= 15 is 0 Å². The van der Waals surface area contributed by atoms with Crippen molar-refractivity contribution in [1.82, 2.24) is 4.98 Å². The molecule has 2 aromatic rings. The van der Waals surface area contributed by atoms with Gasteiger partial charge in [0, 0.05) is 0 Å². The Morgan fingerprint density at radius 3 is 3.11 bits per heavy atom. The quantitative estimate of drug-likeness (QED) is 0.794. The van der Waals surface area contributed by atoms with Gasteiger partial charge in [-0.25, -0.2) is 9.78 Å². The third-order valence-corrected chi connectivity index (χ3v) is 3.17. The molecule has 2 rings (SSSR count). The van der Waals surface area contributed by atoms with Crippen molar-refractivity contribution >= 4 is 17.3 Å². The minimum absolute atomic E-state index is 0.303. The molecule has 0 amide bonds. The summed E-state index contributed by atoms with van der Waals surface area (Å²) in [5, 5.41) is 8.87. The smallest absolute Gasteiger partial charge is 0.358 e. The fraction of sp³-hybridized carbons (Fsp3) is 0.154. The van der Waals surface area contributed by atoms with Crippen molar-refractivity contribution in [2.75, 3.05) is 6.61 Å². The summed E-state index contributed by atoms with van der Waals surface area (Å²) in [7, 11) is 0. The van der Waals surface area contributed by atoms with Crippen LogP contribution in [-0.4, -0.2) is 17.6 Å². The van der Waals surface area contributed by atoms with Crippen molar-refractivity contribution < 1.29 is 9.53 Å². The Labute approximate surface area is 108 Å². The summed E-state index contributed by atoms with van der Waals surface area (Å²) in [5.41, 5.74) is 3.26. The van der Waals surface area contributed by atoms with Crippen LogP contribution in [0.15, 0.2) is 29.8 Å². The lowest BCUT2D eigenvalue weighted by atomic mass is 10.1. The fourth-order valence-electron chi connectivity index (χ4n) is 1.53. The van der Waals surface area contributed by atoms with Crippen LogP contribution in [-0.2, 0) is 4.74 Å². The van der Waals surface area contributed by atoms with Crippen molar-refractivity contribution in [3.05, 3.63) is 41.0 Å². The molecule has 0 aliphatic carbocycles. The van der Waals surface area contributed by atoms with Gasteiger partial charge >= 0.3 is 5.97 Å². The summed E-state index contributed by atoms with van der Waals surface area (Å²) in [6, 6.07) is 9.15. The molecule has 90 valence electrons. The standard InChI is InChI=1S/C13H10N2O2S/c1-2-17-13(16)11-12(18-8-15-11)10-5-3-4-9(6-10)7-14/h3-6,8H,2H2,1H3. The van der Waals surface area contributed by atoms with Crippen LogP contribution in [0.1, 0.15) is 23.0 Å². The predicted molar refractivity (Wildman–Crippen MR) is 68.2 cm³/mol. The first-order chi connectivity index (χ1) is 8.76. The topological polar surface area (TPSA) is 63.0 Å². The van der Waals surface area contributed by atoms with E-state index in [1.807, 2.05) is 6.07 Å². The highest BCUT2D eigenvalue weighted by Crippen LogP contribution is 2.28. The van der Waals surface area contributed by atoms with Crippen LogP contribution in [0.2, 0.25) is 0 Å². The maximum atomic E-state index is 11.7. The Kier molecular flexibility index (Phi) is 3.70. The fourth-order valence-corrected chi connectivity index (χ4v) is 2.30. The Morgan fingerprint density at radius 1 is 1.56 bits per heavy atom. The van der Waals surface area contributed by atoms with Gasteiger partial charge < -0.3 is 4.74 Å². The van der Waals surface area contributed by atoms with Gasteiger partial charge in [0.2, 0.25) is 0 Å². The van der Waals surface area contributed by atoms with E-state index in [1.54, 1.807) is 30.6 Å². The lowest BCUT2D eigenvalue weighted by molar-refractivity contribution is 0.0521. The molecule has 1 aromatic carbocycles. The number of aromatic nitrogens is 1. The molecule has 18 heavy (non-hydrogen) atoms. The molecule has 0 aliphatic rings. The van der Waals surface area contributed by atoms with Gasteiger partial charge in [-0.1, -0.05) is 12.1 Å². The molecule has 0 saturated heterocycles. The van der Waals surface area contributed by atoms with Gasteiger partial charge in [0.1, 0.15) is 0 Å². The maximum absolute atomic E-state index is 11.7. The lowest BCUT2D eigenvalue weighted by Gasteiger charge is -2.02. The third kappa shape index (κ3) is 2.39. The average molecular weight is 258 g/mol. The maximum Gasteiger partial charge on any atom is 0.358 e. The SMILES string of the molecule is CCOC(=O)c1ncsc1-c1cccc(C#N)c1. The number of nitrogens with zero attached hydrogens (tertiary/aromatic N) is 2. The van der Waals surface area contributed by atoms with E-state index < -0.39 is 5.97 Å². The molecule has 1 heterocycles. The minimum atomic E-state index is -0.434. The minimum Gasteiger partial charge on any atom is -0.461 e. The number of carbonyl (C=O) groups is 1. The number of benzene rings is 1. The van der Waals surface area contributed by atoms with E-state index in [1.165, 1.54) is 11.3 Å². The molecule has 1 aromatic heterocycles. The Hall–Kier alpha value is -2.19. The monoisotopic (exact) mass is 258 g/mol. The Morgan fingerprint density at radius 2 is 2.39 bits per heavy atom. The second-order valence-corrected chi connectivity index (χ2v) is 4.30. The van der Waals surface area contributed by atoms with Crippen molar-refractivity contribution in [1.29, 1.82) is 5.26 Å². The number of esters is 1. The van der Waals surface area contributed by atoms with Gasteiger partial charge in [-0.3, -0.25) is 0 Å². The summed E-state index contributed by atoms with van der Waals surface area (Å²) < 4.78 is 4.95. The van der Waals surface area contributed by atoms with Crippen molar-refractivity contribution in [2.45, 2.75) is 6.92 Å². The van der Waals surface area contributed by atoms with Gasteiger partial charge in [-0.2, -0.15) is 5.26 Å². The number of nitriles is 1. The number of thiazole rings is 1. The number of rotatable bonds is 3. The van der Waals surface area contributed by atoms with E-state index in [0.29, 0.717) is 17.9 Å². The zero-order valence-corrected chi connectivity index (χ0v) is 10.5. The molecule has 0 atom stereocenters. The number of carbonyl (C=O) groups excluding carboxylic acids is 1. The Bertz CT molecular complexity index is 613. The molecule has 0 unspecified atom stereocenters. The van der Waals surface area contributed by atoms with Crippen LogP contribution < -0.4 is 0 Å². The summed E-state index contributed by atoms with van der Waals surface area (Å²) >= 11 is 1.35. The van der Waals surface area contributed by atoms with Gasteiger partial charge in [0.25, 0.3) is 0 Å². The molecular formula is C13H10N2O2S. The summed E-state index contributed by atoms with van der Waals surface area (Å²) in [6.45, 7) is 2.06. The van der Waals surface area contributed by atoms with Crippen LogP contribution in [0.4, 0.5) is 0 Å². The molecule has 0 bridgehead atoms. The van der Waals surface area contributed by atoms with Crippen LogP contribution in [0, 0.1) is 11.3 Å². The van der Waals surface area contributed by atoms with E-state index in [9.17, 15) is 4.79 Å². The highest BCUT2D eigenvalue weighted by Gasteiger charge is 2.17. The molecule has 4 nitrogen and oxygen atoms in total. The van der Waals surface area contributed by atoms with Crippen LogP contribution in [0.25, 0.3) is 10.4 Å². The normalized spacial score (nSPS) is 9.78. The molecule has 0 fully saturated rings. The molecule has 0 spiro atoms. The molecule has 0 aliphatic heterocycles. The second kappa shape index (κ2) is 5.43. The largest absolute Gasteiger partial charge is 0.461 e. The van der Waals surface area contributed by atoms with Gasteiger partial charge in [0.15, 0.2) is 5.69 Å². The molecule has 0 radical (unpaired) electrons. The molecule has 0 N–H and O–H groups in total. The van der Waals surface area contributed by atoms with Gasteiger partial charge in [0.05, 0.1) is 28.6 Å². The number of hydrogen-bond donors (Lipinski definition) is 0. The molecular weight excluding hydrogens is 248 g/mol. The van der Waals surface area contributed by atoms with Gasteiger partial charge in [-0.05, 0) is 24.6 Å². The Balaban J connectivity index is 2.42. The lowest BCUT2D eigenvalue weighted by Crippen LogP contribution is -2.06. The predicted octanol–water partition coefficient (Wildman–Crippen LogP) is 2.86. The van der Waals surface area contributed by atoms with Crippen LogP contribution in [0.3, 0.4) is 0 Å². The zero-order chi connectivity index (χ0) is 13.0. The number of ether oxygens (including phenoxy) is 1. The van der Waals surface area contributed by atoms with E-state index in [0.717, 1.165) is 10.4 Å². The summed E-state index contributed by atoms with van der Waals surface area (Å²) in [5.74, 6) is -0.434. The molecule has 5 heteroatoms. The zero-order valence-electron chi connectivity index (χ0n) is 9.71. The van der Waals surface area contributed by atoms with Crippen molar-refractivity contribution in [3.8, 4) is 16.5 Å². The summed E-state index contributed by atoms with van der Waals surface area (Å²) in [4.78, 5) is 16.5. The van der Waals surface area contributed by atoms with Crippen LogP contribution >= 0.6 is 11.3 Å². The van der Waals surface area contributed by atoms with Crippen molar-refractivity contribution in [2.24, 2.45) is 0 Å². The van der Waals surface area contributed by atoms with Crippen LogP contribution in [0.5, 0.6) is 0 Å². The van der Waals surface area contributed by atoms with E-state index in [4.69, 9.17) is 10.00 Å². The first-order valence-electron chi connectivity index (χ1n) is 5.37. The second-order valence-electron chi connectivity index (χ2n) is 3.44. The van der Waals surface area contributed by atoms with E-state index in [2.05, 4.69) is 11.1 Å². The van der Waals surface area contributed by atoms with Crippen molar-refractivity contribution in [3.63, 3.8) is 0 Å². The first-order valence-corrected chi connectivity index (χ1v) is 6.25. The number of hydrogen-bond acceptors (Lipinski definition) is 5. The average Bonchev–Trinajstić information content (AvgIpc) is 2.88. The molecule has 0 saturated carbocycles. The highest BCUT2D eigenvalue weighted by molar-refractivity contribution is 7.13. The highest BCUT2D eigenvalue weighted by atomic mass is 32.1. The summed E-state index contributed by atoms with van der Waals surface area (Å²) in [6.07, 6.45) is 0. The third-order valence-electron chi connectivity index (χ3n) is 2.29. The van der Waals surface area contributed by atoms with Gasteiger partial charge in [-0.15, -0.1) is 11.3 Å². The first kappa shape index (κ1) is 12.3.